The lowest BCUT2D eigenvalue weighted by Crippen LogP contribution is -2.37. The van der Waals surface area contributed by atoms with E-state index in [0.717, 1.165) is 35.4 Å². The first kappa shape index (κ1) is 21.4. The number of ether oxygens (including phenoxy) is 2. The van der Waals surface area contributed by atoms with E-state index in [1.807, 2.05) is 49.4 Å². The zero-order valence-electron chi connectivity index (χ0n) is 18.2. The normalized spacial score (nSPS) is 15.3. The van der Waals surface area contributed by atoms with Gasteiger partial charge in [0.1, 0.15) is 11.3 Å². The summed E-state index contributed by atoms with van der Waals surface area (Å²) in [5, 5.41) is 4.04. The van der Waals surface area contributed by atoms with Crippen LogP contribution in [-0.2, 0) is 11.3 Å². The van der Waals surface area contributed by atoms with Gasteiger partial charge in [-0.05, 0) is 45.0 Å². The minimum Gasteiger partial charge on any atom is -0.496 e. The zero-order chi connectivity index (χ0) is 21.6. The number of hydrogen-bond acceptors (Lipinski definition) is 5. The molecular weight excluding hydrogens is 392 g/mol. The molecule has 0 aliphatic carbocycles. The van der Waals surface area contributed by atoms with Crippen LogP contribution in [0.1, 0.15) is 47.5 Å². The number of rotatable bonds is 9. The van der Waals surface area contributed by atoms with Gasteiger partial charge in [-0.25, -0.2) is 0 Å². The predicted molar refractivity (Wildman–Crippen MR) is 120 cm³/mol. The van der Waals surface area contributed by atoms with Crippen molar-refractivity contribution in [1.29, 1.82) is 0 Å². The molecule has 2 aromatic carbocycles. The van der Waals surface area contributed by atoms with Crippen LogP contribution in [0.25, 0.3) is 11.0 Å². The van der Waals surface area contributed by atoms with Crippen LogP contribution in [0.5, 0.6) is 5.75 Å². The van der Waals surface area contributed by atoms with E-state index in [1.165, 1.54) is 12.8 Å². The van der Waals surface area contributed by atoms with Crippen LogP contribution in [0.4, 0.5) is 0 Å². The summed E-state index contributed by atoms with van der Waals surface area (Å²) < 4.78 is 17.2. The molecule has 0 saturated carbocycles. The zero-order valence-corrected chi connectivity index (χ0v) is 18.2. The molecule has 0 radical (unpaired) electrons. The number of amides is 1. The lowest BCUT2D eigenvalue weighted by molar-refractivity contribution is 0.0899. The van der Waals surface area contributed by atoms with Crippen LogP contribution >= 0.6 is 0 Å². The van der Waals surface area contributed by atoms with E-state index in [-0.39, 0.29) is 11.9 Å². The summed E-state index contributed by atoms with van der Waals surface area (Å²) in [6, 6.07) is 15.8. The number of likely N-dealkylation sites (tertiary alicyclic amines) is 1. The van der Waals surface area contributed by atoms with Gasteiger partial charge < -0.3 is 19.2 Å². The second kappa shape index (κ2) is 9.98. The van der Waals surface area contributed by atoms with Gasteiger partial charge in [-0.2, -0.15) is 0 Å². The van der Waals surface area contributed by atoms with Crippen molar-refractivity contribution in [2.24, 2.45) is 0 Å². The lowest BCUT2D eigenvalue weighted by atomic mass is 10.0. The topological polar surface area (TPSA) is 63.9 Å². The number of hydrogen-bond donors (Lipinski definition) is 1. The summed E-state index contributed by atoms with van der Waals surface area (Å²) >= 11 is 0. The largest absolute Gasteiger partial charge is 0.496 e. The number of benzene rings is 2. The summed E-state index contributed by atoms with van der Waals surface area (Å²) in [5.41, 5.74) is 2.58. The highest BCUT2D eigenvalue weighted by molar-refractivity contribution is 5.99. The molecule has 31 heavy (non-hydrogen) atoms. The van der Waals surface area contributed by atoms with E-state index in [0.29, 0.717) is 31.1 Å². The van der Waals surface area contributed by atoms with Crippen molar-refractivity contribution >= 4 is 16.9 Å². The van der Waals surface area contributed by atoms with E-state index < -0.39 is 0 Å². The summed E-state index contributed by atoms with van der Waals surface area (Å²) in [4.78, 5) is 15.6. The number of carbonyl (C=O) groups is 1. The molecule has 0 spiro atoms. The first-order valence-electron chi connectivity index (χ1n) is 11.0. The molecule has 1 N–H and O–H groups in total. The Labute approximate surface area is 183 Å². The molecule has 0 unspecified atom stereocenters. The second-order valence-electron chi connectivity index (χ2n) is 7.75. The van der Waals surface area contributed by atoms with Crippen molar-refractivity contribution in [2.45, 2.75) is 32.4 Å². The minimum atomic E-state index is -0.218. The van der Waals surface area contributed by atoms with Crippen LogP contribution in [-0.4, -0.2) is 44.2 Å². The van der Waals surface area contributed by atoms with Gasteiger partial charge in [0.15, 0.2) is 5.76 Å². The molecule has 1 aliphatic heterocycles. The van der Waals surface area contributed by atoms with E-state index in [2.05, 4.69) is 16.3 Å². The Morgan fingerprint density at radius 1 is 1.13 bits per heavy atom. The standard InChI is InChI=1S/C25H30N2O4/c1-3-30-17-20-18-10-4-7-13-23(18)31-24(20)25(28)26-16-21(27-14-8-9-15-27)19-11-5-6-12-22(19)29-2/h4-7,10-13,21H,3,8-9,14-17H2,1-2H3,(H,26,28)/t21-/m0/s1. The molecule has 3 aromatic rings. The van der Waals surface area contributed by atoms with Gasteiger partial charge in [0, 0.05) is 29.7 Å². The van der Waals surface area contributed by atoms with Crippen molar-refractivity contribution in [2.75, 3.05) is 33.4 Å². The third kappa shape index (κ3) is 4.60. The average molecular weight is 423 g/mol. The maximum absolute atomic E-state index is 13.2. The number of carbonyl (C=O) groups excluding carboxylic acids is 1. The monoisotopic (exact) mass is 422 g/mol. The second-order valence-corrected chi connectivity index (χ2v) is 7.75. The highest BCUT2D eigenvalue weighted by Gasteiger charge is 2.28. The molecule has 164 valence electrons. The minimum absolute atomic E-state index is 0.0438. The third-order valence-corrected chi connectivity index (χ3v) is 5.89. The predicted octanol–water partition coefficient (Wildman–Crippen LogP) is 4.54. The van der Waals surface area contributed by atoms with E-state index in [4.69, 9.17) is 13.9 Å². The Hall–Kier alpha value is -2.83. The number of furan rings is 1. The smallest absolute Gasteiger partial charge is 0.287 e. The number of para-hydroxylation sites is 2. The molecule has 1 aliphatic rings. The SMILES string of the molecule is CCOCc1c(C(=O)NC[C@@H](c2ccccc2OC)N2CCCC2)oc2ccccc12. The molecule has 6 heteroatoms. The average Bonchev–Trinajstić information content (AvgIpc) is 3.46. The summed E-state index contributed by atoms with van der Waals surface area (Å²) in [6.07, 6.45) is 2.34. The fraction of sp³-hybridized carbons (Fsp3) is 0.400. The third-order valence-electron chi connectivity index (χ3n) is 5.89. The van der Waals surface area contributed by atoms with Gasteiger partial charge in [-0.15, -0.1) is 0 Å². The molecule has 0 bridgehead atoms. The van der Waals surface area contributed by atoms with Gasteiger partial charge in [0.2, 0.25) is 0 Å². The molecule has 1 aromatic heterocycles. The quantitative estimate of drug-likeness (QED) is 0.548. The molecule has 1 saturated heterocycles. The van der Waals surface area contributed by atoms with E-state index in [1.54, 1.807) is 7.11 Å². The maximum atomic E-state index is 13.2. The lowest BCUT2D eigenvalue weighted by Gasteiger charge is -2.29. The fourth-order valence-electron chi connectivity index (χ4n) is 4.33. The van der Waals surface area contributed by atoms with Crippen molar-refractivity contribution in [3.05, 3.63) is 65.4 Å². The first-order chi connectivity index (χ1) is 15.2. The molecule has 1 amide bonds. The Morgan fingerprint density at radius 2 is 1.87 bits per heavy atom. The van der Waals surface area contributed by atoms with Gasteiger partial charge in [-0.3, -0.25) is 9.69 Å². The first-order valence-corrected chi connectivity index (χ1v) is 11.0. The van der Waals surface area contributed by atoms with Crippen LogP contribution in [0, 0.1) is 0 Å². The van der Waals surface area contributed by atoms with Gasteiger partial charge in [-0.1, -0.05) is 36.4 Å². The van der Waals surface area contributed by atoms with E-state index >= 15 is 0 Å². The van der Waals surface area contributed by atoms with Crippen molar-refractivity contribution in [1.82, 2.24) is 10.2 Å². The van der Waals surface area contributed by atoms with Crippen molar-refractivity contribution in [3.8, 4) is 5.75 Å². The maximum Gasteiger partial charge on any atom is 0.287 e. The number of methoxy groups -OCH3 is 1. The molecule has 6 nitrogen and oxygen atoms in total. The Morgan fingerprint density at radius 3 is 2.65 bits per heavy atom. The van der Waals surface area contributed by atoms with Gasteiger partial charge >= 0.3 is 0 Å². The molecule has 1 atom stereocenters. The highest BCUT2D eigenvalue weighted by Crippen LogP contribution is 2.32. The van der Waals surface area contributed by atoms with Gasteiger partial charge in [0.25, 0.3) is 5.91 Å². The number of fused-ring (bicyclic) bond motifs is 1. The molecule has 2 heterocycles. The van der Waals surface area contributed by atoms with Gasteiger partial charge in [0.05, 0.1) is 19.8 Å². The highest BCUT2D eigenvalue weighted by atomic mass is 16.5. The summed E-state index contributed by atoms with van der Waals surface area (Å²) in [7, 11) is 1.69. The Balaban J connectivity index is 1.58. The molecule has 4 rings (SSSR count). The van der Waals surface area contributed by atoms with Crippen LogP contribution in [0.3, 0.4) is 0 Å². The molecule has 1 fully saturated rings. The summed E-state index contributed by atoms with van der Waals surface area (Å²) in [5.74, 6) is 0.953. The number of nitrogens with zero attached hydrogens (tertiary/aromatic N) is 1. The summed E-state index contributed by atoms with van der Waals surface area (Å²) in [6.45, 7) is 5.36. The number of nitrogens with one attached hydrogen (secondary N) is 1. The Bertz CT molecular complexity index is 1020. The van der Waals surface area contributed by atoms with E-state index in [9.17, 15) is 4.79 Å². The Kier molecular flexibility index (Phi) is 6.89. The fourth-order valence-corrected chi connectivity index (χ4v) is 4.33. The van der Waals surface area contributed by atoms with Crippen LogP contribution in [0.2, 0.25) is 0 Å². The van der Waals surface area contributed by atoms with Crippen molar-refractivity contribution in [3.63, 3.8) is 0 Å². The van der Waals surface area contributed by atoms with Crippen LogP contribution < -0.4 is 10.1 Å². The molecular formula is C25H30N2O4. The van der Waals surface area contributed by atoms with Crippen LogP contribution in [0.15, 0.2) is 52.9 Å². The van der Waals surface area contributed by atoms with Crippen molar-refractivity contribution < 1.29 is 18.7 Å².